The van der Waals surface area contributed by atoms with Crippen LogP contribution in [-0.2, 0) is 0 Å². The number of nitro groups is 2. The molecule has 1 aliphatic carbocycles. The zero-order valence-corrected chi connectivity index (χ0v) is 21.1. The van der Waals surface area contributed by atoms with Gasteiger partial charge in [0.25, 0.3) is 17.3 Å². The molecule has 10 heteroatoms. The lowest BCUT2D eigenvalue weighted by Crippen LogP contribution is -2.32. The van der Waals surface area contributed by atoms with Crippen molar-refractivity contribution in [3.8, 4) is 0 Å². The third-order valence-corrected chi connectivity index (χ3v) is 7.17. The third-order valence-electron chi connectivity index (χ3n) is 6.65. The maximum absolute atomic E-state index is 13.7. The highest BCUT2D eigenvalue weighted by atomic mass is 79.9. The fraction of sp³-hybridized carbons (Fsp3) is 0.185. The molecule has 1 amide bonds. The van der Waals surface area contributed by atoms with Crippen molar-refractivity contribution < 1.29 is 14.6 Å². The Morgan fingerprint density at radius 1 is 0.973 bits per heavy atom. The number of carbonyl (C=O) groups is 1. The van der Waals surface area contributed by atoms with Crippen LogP contribution in [0.3, 0.4) is 0 Å². The highest BCUT2D eigenvalue weighted by molar-refractivity contribution is 9.10. The molecule has 2 aliphatic rings. The number of hydrazone groups is 1. The summed E-state index contributed by atoms with van der Waals surface area (Å²) in [4.78, 5) is 35.5. The van der Waals surface area contributed by atoms with E-state index in [0.29, 0.717) is 23.1 Å². The van der Waals surface area contributed by atoms with Gasteiger partial charge in [-0.2, -0.15) is 5.10 Å². The van der Waals surface area contributed by atoms with Crippen LogP contribution in [0, 0.1) is 26.1 Å². The maximum Gasteiger partial charge on any atom is 0.274 e. The molecular formula is C27H21BrN4O5. The highest BCUT2D eigenvalue weighted by Crippen LogP contribution is 2.45. The second-order valence-electron chi connectivity index (χ2n) is 8.96. The molecule has 0 saturated heterocycles. The molecule has 3 aromatic carbocycles. The molecule has 1 aliphatic heterocycles. The lowest BCUT2D eigenvalue weighted by molar-refractivity contribution is -0.385. The Morgan fingerprint density at radius 2 is 1.65 bits per heavy atom. The summed E-state index contributed by atoms with van der Waals surface area (Å²) >= 11 is 3.39. The van der Waals surface area contributed by atoms with Gasteiger partial charge in [-0.25, -0.2) is 5.01 Å². The first kappa shape index (κ1) is 24.5. The van der Waals surface area contributed by atoms with Crippen LogP contribution in [0.2, 0.25) is 0 Å². The molecule has 2 atom stereocenters. The van der Waals surface area contributed by atoms with Gasteiger partial charge in [-0.3, -0.25) is 25.0 Å². The van der Waals surface area contributed by atoms with E-state index in [2.05, 4.69) is 15.9 Å². The molecule has 0 unspecified atom stereocenters. The molecule has 9 nitrogen and oxygen atoms in total. The number of fused-ring (bicyclic) bond motifs is 1. The normalized spacial score (nSPS) is 19.9. The van der Waals surface area contributed by atoms with Crippen molar-refractivity contribution in [3.05, 3.63) is 120 Å². The zero-order chi connectivity index (χ0) is 26.1. The van der Waals surface area contributed by atoms with Gasteiger partial charge >= 0.3 is 0 Å². The number of benzene rings is 3. The van der Waals surface area contributed by atoms with Gasteiger partial charge in [0.2, 0.25) is 0 Å². The average molecular weight is 561 g/mol. The summed E-state index contributed by atoms with van der Waals surface area (Å²) in [5.41, 5.74) is 3.35. The first-order chi connectivity index (χ1) is 17.8. The van der Waals surface area contributed by atoms with Crippen LogP contribution in [-0.4, -0.2) is 26.5 Å². The smallest absolute Gasteiger partial charge is 0.267 e. The number of nitrogens with zero attached hydrogens (tertiary/aromatic N) is 4. The van der Waals surface area contributed by atoms with Gasteiger partial charge in [0.15, 0.2) is 0 Å². The Balaban J connectivity index is 1.59. The predicted molar refractivity (Wildman–Crippen MR) is 142 cm³/mol. The van der Waals surface area contributed by atoms with Crippen molar-refractivity contribution in [3.63, 3.8) is 0 Å². The van der Waals surface area contributed by atoms with Crippen molar-refractivity contribution >= 4 is 45.0 Å². The standard InChI is InChI=1S/C27H21BrN4O5/c28-21-12-10-18(11-13-21)27(33)30-26(20-6-2-8-23(16-20)32(36)37)24-9-3-5-19(25(24)29-30)14-17-4-1-7-22(15-17)31(34)35/h1-2,4,6-8,10-16,24,26H,3,5,9H2/b19-14+/t24-,26-/m1/s1. The van der Waals surface area contributed by atoms with Crippen molar-refractivity contribution in [2.24, 2.45) is 11.0 Å². The van der Waals surface area contributed by atoms with Crippen LogP contribution in [0.4, 0.5) is 11.4 Å². The van der Waals surface area contributed by atoms with Gasteiger partial charge in [0, 0.05) is 40.2 Å². The molecule has 1 heterocycles. The lowest BCUT2D eigenvalue weighted by atomic mass is 9.77. The predicted octanol–water partition coefficient (Wildman–Crippen LogP) is 6.70. The van der Waals surface area contributed by atoms with E-state index in [4.69, 9.17) is 5.10 Å². The van der Waals surface area contributed by atoms with E-state index in [1.54, 1.807) is 48.5 Å². The number of halogens is 1. The minimum absolute atomic E-state index is 0.00316. The van der Waals surface area contributed by atoms with E-state index in [-0.39, 0.29) is 23.2 Å². The summed E-state index contributed by atoms with van der Waals surface area (Å²) in [6, 6.07) is 19.2. The third kappa shape index (κ3) is 4.92. The van der Waals surface area contributed by atoms with E-state index < -0.39 is 15.9 Å². The summed E-state index contributed by atoms with van der Waals surface area (Å²) < 4.78 is 0.836. The largest absolute Gasteiger partial charge is 0.274 e. The monoisotopic (exact) mass is 560 g/mol. The fourth-order valence-corrected chi connectivity index (χ4v) is 5.24. The fourth-order valence-electron chi connectivity index (χ4n) is 4.98. The van der Waals surface area contributed by atoms with Crippen LogP contribution >= 0.6 is 15.9 Å². The minimum Gasteiger partial charge on any atom is -0.267 e. The van der Waals surface area contributed by atoms with E-state index in [1.165, 1.54) is 29.3 Å². The number of non-ortho nitro benzene ring substituents is 2. The van der Waals surface area contributed by atoms with Crippen LogP contribution in [0.1, 0.15) is 46.8 Å². The molecule has 5 rings (SSSR count). The molecule has 186 valence electrons. The first-order valence-corrected chi connectivity index (χ1v) is 12.5. The number of hydrogen-bond acceptors (Lipinski definition) is 6. The Morgan fingerprint density at radius 3 is 2.35 bits per heavy atom. The average Bonchev–Trinajstić information content (AvgIpc) is 3.29. The molecule has 0 spiro atoms. The highest BCUT2D eigenvalue weighted by Gasteiger charge is 2.44. The van der Waals surface area contributed by atoms with Gasteiger partial charge in [-0.1, -0.05) is 40.2 Å². The SMILES string of the molecule is O=C(c1ccc(Br)cc1)N1N=C2/C(=C/c3cccc([N+](=O)[O-])c3)CCC[C@H]2[C@H]1c1cccc([N+](=O)[O-])c1. The van der Waals surface area contributed by atoms with Crippen molar-refractivity contribution in [2.45, 2.75) is 25.3 Å². The Hall–Kier alpha value is -4.18. The van der Waals surface area contributed by atoms with E-state index in [1.807, 2.05) is 6.08 Å². The number of carbonyl (C=O) groups excluding carboxylic acids is 1. The first-order valence-electron chi connectivity index (χ1n) is 11.7. The number of rotatable bonds is 5. The Bertz CT molecular complexity index is 1470. The second kappa shape index (κ2) is 10.1. The van der Waals surface area contributed by atoms with Gasteiger partial charge in [-0.05, 0) is 66.3 Å². The van der Waals surface area contributed by atoms with E-state index >= 15 is 0 Å². The summed E-state index contributed by atoms with van der Waals surface area (Å²) in [6.45, 7) is 0. The Kier molecular flexibility index (Phi) is 6.66. The van der Waals surface area contributed by atoms with Crippen LogP contribution in [0.25, 0.3) is 6.08 Å². The molecule has 0 N–H and O–H groups in total. The quantitative estimate of drug-likeness (QED) is 0.254. The lowest BCUT2D eigenvalue weighted by Gasteiger charge is -2.29. The molecule has 1 fully saturated rings. The molecule has 1 saturated carbocycles. The summed E-state index contributed by atoms with van der Waals surface area (Å²) in [7, 11) is 0. The number of hydrogen-bond donors (Lipinski definition) is 0. The van der Waals surface area contributed by atoms with Crippen LogP contribution in [0.15, 0.2) is 87.9 Å². The number of nitro benzene ring substituents is 2. The minimum atomic E-state index is -0.514. The van der Waals surface area contributed by atoms with E-state index in [0.717, 1.165) is 28.6 Å². The molecular weight excluding hydrogens is 540 g/mol. The second-order valence-corrected chi connectivity index (χ2v) is 9.87. The number of allylic oxidation sites excluding steroid dienone is 1. The summed E-state index contributed by atoms with van der Waals surface area (Å²) in [5.74, 6) is -0.472. The van der Waals surface area contributed by atoms with Crippen LogP contribution in [0.5, 0.6) is 0 Å². The van der Waals surface area contributed by atoms with Crippen molar-refractivity contribution in [2.75, 3.05) is 0 Å². The van der Waals surface area contributed by atoms with Gasteiger partial charge in [-0.15, -0.1) is 0 Å². The van der Waals surface area contributed by atoms with Crippen molar-refractivity contribution in [1.82, 2.24) is 5.01 Å². The van der Waals surface area contributed by atoms with Gasteiger partial charge in [0.1, 0.15) is 0 Å². The van der Waals surface area contributed by atoms with E-state index in [9.17, 15) is 25.0 Å². The van der Waals surface area contributed by atoms with Crippen LogP contribution < -0.4 is 0 Å². The maximum atomic E-state index is 13.7. The molecule has 37 heavy (non-hydrogen) atoms. The molecule has 0 aromatic heterocycles. The molecule has 3 aromatic rings. The van der Waals surface area contributed by atoms with Gasteiger partial charge < -0.3 is 0 Å². The Labute approximate surface area is 220 Å². The van der Waals surface area contributed by atoms with Crippen molar-refractivity contribution in [1.29, 1.82) is 0 Å². The molecule has 0 bridgehead atoms. The van der Waals surface area contributed by atoms with Gasteiger partial charge in [0.05, 0.1) is 21.6 Å². The molecule has 0 radical (unpaired) electrons. The number of amides is 1. The zero-order valence-electron chi connectivity index (χ0n) is 19.5. The summed E-state index contributed by atoms with van der Waals surface area (Å²) in [6.07, 6.45) is 4.18. The topological polar surface area (TPSA) is 119 Å². The summed E-state index contributed by atoms with van der Waals surface area (Å²) in [5, 5.41) is 29.0.